The van der Waals surface area contributed by atoms with E-state index in [2.05, 4.69) is 4.98 Å². The second-order valence-corrected chi connectivity index (χ2v) is 6.86. The summed E-state index contributed by atoms with van der Waals surface area (Å²) in [5.74, 6) is -0.993. The first-order valence-corrected chi connectivity index (χ1v) is 9.08. The summed E-state index contributed by atoms with van der Waals surface area (Å²) in [5, 5.41) is 11.1. The molecule has 0 bridgehead atoms. The summed E-state index contributed by atoms with van der Waals surface area (Å²) in [5.41, 5.74) is -0.101. The van der Waals surface area contributed by atoms with Gasteiger partial charge in [0.05, 0.1) is 29.8 Å². The molecule has 0 aliphatic carbocycles. The molecule has 28 heavy (non-hydrogen) atoms. The van der Waals surface area contributed by atoms with Gasteiger partial charge in [-0.2, -0.15) is 0 Å². The van der Waals surface area contributed by atoms with Crippen LogP contribution in [0.4, 0.5) is 5.69 Å². The summed E-state index contributed by atoms with van der Waals surface area (Å²) in [7, 11) is 0. The number of nitro benzene ring substituents is 1. The van der Waals surface area contributed by atoms with Crippen LogP contribution in [0.5, 0.6) is 0 Å². The van der Waals surface area contributed by atoms with Crippen LogP contribution in [-0.4, -0.2) is 32.8 Å². The molecule has 2 aromatic heterocycles. The van der Waals surface area contributed by atoms with E-state index in [1.165, 1.54) is 24.5 Å². The second-order valence-electron chi connectivity index (χ2n) is 5.87. The smallest absolute Gasteiger partial charge is 0.348 e. The Bertz CT molecular complexity index is 1160. The normalized spacial score (nSPS) is 10.8. The van der Waals surface area contributed by atoms with E-state index in [0.717, 1.165) is 22.0 Å². The van der Waals surface area contributed by atoms with Crippen molar-refractivity contribution in [2.45, 2.75) is 20.4 Å². The highest BCUT2D eigenvalue weighted by atomic mass is 32.1. The first-order valence-electron chi connectivity index (χ1n) is 8.26. The number of benzene rings is 1. The first-order chi connectivity index (χ1) is 13.3. The number of ether oxygens (including phenoxy) is 1. The summed E-state index contributed by atoms with van der Waals surface area (Å²) < 4.78 is 6.11. The summed E-state index contributed by atoms with van der Waals surface area (Å²) in [4.78, 5) is 52.4. The Kier molecular flexibility index (Phi) is 5.32. The van der Waals surface area contributed by atoms with Crippen LogP contribution in [0.25, 0.3) is 10.2 Å². The van der Waals surface area contributed by atoms with E-state index in [1.807, 2.05) is 0 Å². The molecule has 0 fully saturated rings. The van der Waals surface area contributed by atoms with Gasteiger partial charge in [0.1, 0.15) is 9.71 Å². The molecule has 0 unspecified atom stereocenters. The SMILES string of the molecule is CCOC(=O)c1sc2ncn(CC(=O)c3cccc([N+](=O)[O-])c3)c(=O)c2c1C. The van der Waals surface area contributed by atoms with Gasteiger partial charge in [0.2, 0.25) is 0 Å². The lowest BCUT2D eigenvalue weighted by atomic mass is 10.1. The predicted molar refractivity (Wildman–Crippen MR) is 102 cm³/mol. The number of nitrogens with zero attached hydrogens (tertiary/aromatic N) is 3. The molecule has 144 valence electrons. The minimum atomic E-state index is -0.595. The lowest BCUT2D eigenvalue weighted by Crippen LogP contribution is -2.24. The molecule has 1 aromatic carbocycles. The van der Waals surface area contributed by atoms with Crippen LogP contribution < -0.4 is 5.56 Å². The first kappa shape index (κ1) is 19.4. The van der Waals surface area contributed by atoms with E-state index in [0.29, 0.717) is 15.3 Å². The fraction of sp³-hybridized carbons (Fsp3) is 0.222. The van der Waals surface area contributed by atoms with Gasteiger partial charge in [-0.1, -0.05) is 12.1 Å². The van der Waals surface area contributed by atoms with Crippen LogP contribution in [0.2, 0.25) is 0 Å². The summed E-state index contributed by atoms with van der Waals surface area (Å²) in [6.07, 6.45) is 1.23. The number of carbonyl (C=O) groups excluding carboxylic acids is 2. The molecule has 0 aliphatic heterocycles. The van der Waals surface area contributed by atoms with E-state index in [9.17, 15) is 24.5 Å². The Morgan fingerprint density at radius 3 is 2.79 bits per heavy atom. The van der Waals surface area contributed by atoms with Gasteiger partial charge in [-0.05, 0) is 19.4 Å². The zero-order valence-electron chi connectivity index (χ0n) is 15.0. The number of rotatable bonds is 6. The molecule has 0 aliphatic rings. The number of aromatic nitrogens is 2. The van der Waals surface area contributed by atoms with E-state index in [-0.39, 0.29) is 29.8 Å². The maximum atomic E-state index is 12.8. The van der Waals surface area contributed by atoms with Gasteiger partial charge in [-0.15, -0.1) is 11.3 Å². The van der Waals surface area contributed by atoms with Crippen molar-refractivity contribution in [2.24, 2.45) is 0 Å². The van der Waals surface area contributed by atoms with E-state index < -0.39 is 22.2 Å². The van der Waals surface area contributed by atoms with Crippen molar-refractivity contribution < 1.29 is 19.2 Å². The average Bonchev–Trinajstić information content (AvgIpc) is 3.01. The van der Waals surface area contributed by atoms with Gasteiger partial charge in [-0.3, -0.25) is 24.3 Å². The standard InChI is InChI=1S/C18H15N3O6S/c1-3-27-18(24)15-10(2)14-16(28-15)19-9-20(17(14)23)8-13(22)11-5-4-6-12(7-11)21(25)26/h4-7,9H,3,8H2,1-2H3. The number of thiophene rings is 1. The highest BCUT2D eigenvalue weighted by Crippen LogP contribution is 2.27. The number of hydrogen-bond acceptors (Lipinski definition) is 8. The number of fused-ring (bicyclic) bond motifs is 1. The fourth-order valence-electron chi connectivity index (χ4n) is 2.70. The van der Waals surface area contributed by atoms with Crippen LogP contribution in [0.1, 0.15) is 32.5 Å². The molecular formula is C18H15N3O6S. The number of ketones is 1. The van der Waals surface area contributed by atoms with Crippen LogP contribution in [-0.2, 0) is 11.3 Å². The fourth-order valence-corrected chi connectivity index (χ4v) is 3.74. The molecule has 0 radical (unpaired) electrons. The summed E-state index contributed by atoms with van der Waals surface area (Å²) >= 11 is 1.06. The molecule has 0 spiro atoms. The van der Waals surface area contributed by atoms with Gasteiger partial charge in [0.25, 0.3) is 11.2 Å². The lowest BCUT2D eigenvalue weighted by molar-refractivity contribution is -0.384. The van der Waals surface area contributed by atoms with Gasteiger partial charge in [0, 0.05) is 17.7 Å². The summed E-state index contributed by atoms with van der Waals surface area (Å²) in [6.45, 7) is 3.20. The molecule has 10 heteroatoms. The maximum Gasteiger partial charge on any atom is 0.348 e. The van der Waals surface area contributed by atoms with E-state index >= 15 is 0 Å². The van der Waals surface area contributed by atoms with Crippen molar-refractivity contribution >= 4 is 39.0 Å². The van der Waals surface area contributed by atoms with Crippen LogP contribution in [0, 0.1) is 17.0 Å². The Morgan fingerprint density at radius 1 is 1.36 bits per heavy atom. The Balaban J connectivity index is 1.97. The number of Topliss-reactive ketones (excluding diaryl/α,β-unsaturated/α-hetero) is 1. The second kappa shape index (κ2) is 7.69. The molecular weight excluding hydrogens is 386 g/mol. The number of nitro groups is 1. The molecule has 2 heterocycles. The highest BCUT2D eigenvalue weighted by molar-refractivity contribution is 7.20. The molecule has 0 atom stereocenters. The third-order valence-electron chi connectivity index (χ3n) is 4.07. The molecule has 0 N–H and O–H groups in total. The van der Waals surface area contributed by atoms with Gasteiger partial charge in [-0.25, -0.2) is 9.78 Å². The third-order valence-corrected chi connectivity index (χ3v) is 5.25. The van der Waals surface area contributed by atoms with Crippen molar-refractivity contribution in [3.05, 3.63) is 67.1 Å². The molecule has 0 amide bonds. The number of esters is 1. The Labute approximate surface area is 162 Å². The minimum absolute atomic E-state index is 0.121. The van der Waals surface area contributed by atoms with Crippen molar-refractivity contribution in [3.8, 4) is 0 Å². The minimum Gasteiger partial charge on any atom is -0.462 e. The highest BCUT2D eigenvalue weighted by Gasteiger charge is 2.21. The van der Waals surface area contributed by atoms with Crippen molar-refractivity contribution in [2.75, 3.05) is 6.61 Å². The van der Waals surface area contributed by atoms with Crippen LogP contribution in [0.3, 0.4) is 0 Å². The molecule has 9 nitrogen and oxygen atoms in total. The quantitative estimate of drug-likeness (QED) is 0.269. The monoisotopic (exact) mass is 401 g/mol. The number of carbonyl (C=O) groups is 2. The molecule has 3 rings (SSSR count). The number of non-ortho nitro benzene ring substituents is 1. The van der Waals surface area contributed by atoms with Crippen LogP contribution in [0.15, 0.2) is 35.4 Å². The number of aryl methyl sites for hydroxylation is 1. The number of hydrogen-bond donors (Lipinski definition) is 0. The predicted octanol–water partition coefficient (Wildman–Crippen LogP) is 2.73. The zero-order chi connectivity index (χ0) is 20.4. The maximum absolute atomic E-state index is 12.8. The lowest BCUT2D eigenvalue weighted by Gasteiger charge is -2.05. The summed E-state index contributed by atoms with van der Waals surface area (Å²) in [6, 6.07) is 5.29. The van der Waals surface area contributed by atoms with E-state index in [1.54, 1.807) is 13.8 Å². The van der Waals surface area contributed by atoms with Gasteiger partial charge < -0.3 is 4.74 Å². The third kappa shape index (κ3) is 3.54. The van der Waals surface area contributed by atoms with Gasteiger partial charge >= 0.3 is 5.97 Å². The van der Waals surface area contributed by atoms with Gasteiger partial charge in [0.15, 0.2) is 5.78 Å². The van der Waals surface area contributed by atoms with Crippen molar-refractivity contribution in [1.29, 1.82) is 0 Å². The molecule has 3 aromatic rings. The topological polar surface area (TPSA) is 121 Å². The largest absolute Gasteiger partial charge is 0.462 e. The molecule has 0 saturated heterocycles. The van der Waals surface area contributed by atoms with Crippen molar-refractivity contribution in [3.63, 3.8) is 0 Å². The molecule has 0 saturated carbocycles. The average molecular weight is 401 g/mol. The zero-order valence-corrected chi connectivity index (χ0v) is 15.8. The Hall–Kier alpha value is -3.40. The van der Waals surface area contributed by atoms with E-state index in [4.69, 9.17) is 4.74 Å². The Morgan fingerprint density at radius 2 is 2.11 bits per heavy atom. The van der Waals surface area contributed by atoms with Crippen LogP contribution >= 0.6 is 11.3 Å². The van der Waals surface area contributed by atoms with Crippen molar-refractivity contribution in [1.82, 2.24) is 9.55 Å².